The molecule has 0 bridgehead atoms. The van der Waals surface area contributed by atoms with Gasteiger partial charge in [-0.1, -0.05) is 29.8 Å². The molecule has 2 unspecified atom stereocenters. The van der Waals surface area contributed by atoms with Gasteiger partial charge in [-0.15, -0.1) is 0 Å². The van der Waals surface area contributed by atoms with Crippen LogP contribution in [0.25, 0.3) is 0 Å². The molecule has 1 aromatic rings. The van der Waals surface area contributed by atoms with E-state index in [4.69, 9.17) is 4.74 Å². The summed E-state index contributed by atoms with van der Waals surface area (Å²) in [5, 5.41) is 0. The third kappa shape index (κ3) is 4.60. The monoisotopic (exact) mass is 275 g/mol. The second kappa shape index (κ2) is 7.80. The van der Waals surface area contributed by atoms with Crippen molar-refractivity contribution in [3.8, 4) is 0 Å². The SMILES string of the molecule is CCOCC1CCC(C)N(CCc2cccc(C)c2)C1. The normalized spacial score (nSPS) is 23.9. The number of benzene rings is 1. The van der Waals surface area contributed by atoms with Crippen molar-refractivity contribution in [1.29, 1.82) is 0 Å². The zero-order valence-electron chi connectivity index (χ0n) is 13.3. The van der Waals surface area contributed by atoms with E-state index in [0.29, 0.717) is 0 Å². The van der Waals surface area contributed by atoms with Crippen LogP contribution in [0.15, 0.2) is 24.3 Å². The molecule has 0 spiro atoms. The molecule has 1 aliphatic rings. The molecule has 0 aliphatic carbocycles. The average Bonchev–Trinajstić information content (AvgIpc) is 2.45. The van der Waals surface area contributed by atoms with Gasteiger partial charge < -0.3 is 4.74 Å². The Labute approximate surface area is 124 Å². The first kappa shape index (κ1) is 15.5. The van der Waals surface area contributed by atoms with E-state index >= 15 is 0 Å². The van der Waals surface area contributed by atoms with Crippen LogP contribution in [0.1, 0.15) is 37.8 Å². The Morgan fingerprint density at radius 1 is 1.30 bits per heavy atom. The maximum Gasteiger partial charge on any atom is 0.0506 e. The number of nitrogens with zero attached hydrogens (tertiary/aromatic N) is 1. The van der Waals surface area contributed by atoms with Gasteiger partial charge in [0.2, 0.25) is 0 Å². The molecule has 0 N–H and O–H groups in total. The number of likely N-dealkylation sites (tertiary alicyclic amines) is 1. The molecule has 112 valence electrons. The van der Waals surface area contributed by atoms with Crippen molar-refractivity contribution < 1.29 is 4.74 Å². The number of hydrogen-bond acceptors (Lipinski definition) is 2. The summed E-state index contributed by atoms with van der Waals surface area (Å²) in [4.78, 5) is 2.65. The molecular formula is C18H29NO. The first-order valence-electron chi connectivity index (χ1n) is 8.06. The summed E-state index contributed by atoms with van der Waals surface area (Å²) in [6.07, 6.45) is 3.79. The van der Waals surface area contributed by atoms with E-state index in [1.807, 2.05) is 0 Å². The highest BCUT2D eigenvalue weighted by molar-refractivity contribution is 5.22. The zero-order chi connectivity index (χ0) is 14.4. The predicted octanol–water partition coefficient (Wildman–Crippen LogP) is 3.67. The van der Waals surface area contributed by atoms with Crippen LogP contribution in [0.4, 0.5) is 0 Å². The van der Waals surface area contributed by atoms with E-state index < -0.39 is 0 Å². The summed E-state index contributed by atoms with van der Waals surface area (Å²) in [6, 6.07) is 9.62. The van der Waals surface area contributed by atoms with Crippen LogP contribution in [0, 0.1) is 12.8 Å². The van der Waals surface area contributed by atoms with E-state index in [1.165, 1.54) is 37.1 Å². The van der Waals surface area contributed by atoms with E-state index in [2.05, 4.69) is 49.9 Å². The zero-order valence-corrected chi connectivity index (χ0v) is 13.3. The summed E-state index contributed by atoms with van der Waals surface area (Å²) in [5.74, 6) is 0.726. The Bertz CT molecular complexity index is 402. The van der Waals surface area contributed by atoms with Crippen molar-refractivity contribution in [2.75, 3.05) is 26.3 Å². The van der Waals surface area contributed by atoms with Gasteiger partial charge in [-0.25, -0.2) is 0 Å². The largest absolute Gasteiger partial charge is 0.381 e. The lowest BCUT2D eigenvalue weighted by Crippen LogP contribution is -2.44. The number of rotatable bonds is 6. The summed E-state index contributed by atoms with van der Waals surface area (Å²) < 4.78 is 5.61. The highest BCUT2D eigenvalue weighted by Crippen LogP contribution is 2.22. The summed E-state index contributed by atoms with van der Waals surface area (Å²) >= 11 is 0. The van der Waals surface area contributed by atoms with Crippen LogP contribution < -0.4 is 0 Å². The second-order valence-electron chi connectivity index (χ2n) is 6.19. The number of piperidine rings is 1. The van der Waals surface area contributed by atoms with Gasteiger partial charge in [0.05, 0.1) is 6.61 Å². The van der Waals surface area contributed by atoms with E-state index in [1.54, 1.807) is 0 Å². The Hall–Kier alpha value is -0.860. The molecule has 0 aromatic heterocycles. The van der Waals surface area contributed by atoms with Crippen molar-refractivity contribution in [2.45, 2.75) is 46.1 Å². The van der Waals surface area contributed by atoms with E-state index in [-0.39, 0.29) is 0 Å². The lowest BCUT2D eigenvalue weighted by molar-refractivity contribution is 0.0476. The molecule has 0 amide bonds. The summed E-state index contributed by atoms with van der Waals surface area (Å²) in [7, 11) is 0. The van der Waals surface area contributed by atoms with Crippen molar-refractivity contribution in [1.82, 2.24) is 4.90 Å². The Balaban J connectivity index is 1.83. The van der Waals surface area contributed by atoms with Gasteiger partial charge in [-0.05, 0) is 51.5 Å². The number of ether oxygens (including phenoxy) is 1. The van der Waals surface area contributed by atoms with Crippen molar-refractivity contribution >= 4 is 0 Å². The molecule has 1 heterocycles. The highest BCUT2D eigenvalue weighted by Gasteiger charge is 2.24. The average molecular weight is 275 g/mol. The fraction of sp³-hybridized carbons (Fsp3) is 0.667. The van der Waals surface area contributed by atoms with Crippen LogP contribution >= 0.6 is 0 Å². The molecule has 2 rings (SSSR count). The van der Waals surface area contributed by atoms with Gasteiger partial charge >= 0.3 is 0 Å². The summed E-state index contributed by atoms with van der Waals surface area (Å²) in [6.45, 7) is 10.8. The molecule has 20 heavy (non-hydrogen) atoms. The molecule has 1 aromatic carbocycles. The highest BCUT2D eigenvalue weighted by atomic mass is 16.5. The molecular weight excluding hydrogens is 246 g/mol. The van der Waals surface area contributed by atoms with Gasteiger partial charge in [-0.3, -0.25) is 4.90 Å². The van der Waals surface area contributed by atoms with Crippen molar-refractivity contribution in [2.24, 2.45) is 5.92 Å². The van der Waals surface area contributed by atoms with Crippen LogP contribution in [0.5, 0.6) is 0 Å². The van der Waals surface area contributed by atoms with Gasteiger partial charge in [0.15, 0.2) is 0 Å². The standard InChI is InChI=1S/C18H29NO/c1-4-20-14-18-9-8-16(3)19(13-18)11-10-17-7-5-6-15(2)12-17/h5-7,12,16,18H,4,8-11,13-14H2,1-3H3. The van der Waals surface area contributed by atoms with Gasteiger partial charge in [0, 0.05) is 25.7 Å². The number of aryl methyl sites for hydroxylation is 1. The second-order valence-corrected chi connectivity index (χ2v) is 6.19. The minimum absolute atomic E-state index is 0.720. The maximum atomic E-state index is 5.61. The van der Waals surface area contributed by atoms with E-state index in [9.17, 15) is 0 Å². The topological polar surface area (TPSA) is 12.5 Å². The molecule has 2 atom stereocenters. The molecule has 2 heteroatoms. The smallest absolute Gasteiger partial charge is 0.0506 e. The van der Waals surface area contributed by atoms with Gasteiger partial charge in [-0.2, -0.15) is 0 Å². The van der Waals surface area contributed by atoms with Crippen LogP contribution in [-0.2, 0) is 11.2 Å². The number of hydrogen-bond donors (Lipinski definition) is 0. The van der Waals surface area contributed by atoms with Crippen molar-refractivity contribution in [3.63, 3.8) is 0 Å². The fourth-order valence-electron chi connectivity index (χ4n) is 3.13. The molecule has 1 aliphatic heterocycles. The minimum atomic E-state index is 0.720. The Kier molecular flexibility index (Phi) is 6.06. The first-order valence-corrected chi connectivity index (χ1v) is 8.06. The lowest BCUT2D eigenvalue weighted by atomic mass is 9.93. The Morgan fingerprint density at radius 3 is 2.90 bits per heavy atom. The van der Waals surface area contributed by atoms with Gasteiger partial charge in [0.1, 0.15) is 0 Å². The molecule has 1 saturated heterocycles. The molecule has 2 nitrogen and oxygen atoms in total. The molecule has 1 fully saturated rings. The minimum Gasteiger partial charge on any atom is -0.381 e. The lowest BCUT2D eigenvalue weighted by Gasteiger charge is -2.38. The van der Waals surface area contributed by atoms with E-state index in [0.717, 1.165) is 31.6 Å². The first-order chi connectivity index (χ1) is 9.69. The quantitative estimate of drug-likeness (QED) is 0.785. The maximum absolute atomic E-state index is 5.61. The van der Waals surface area contributed by atoms with Crippen LogP contribution in [0.2, 0.25) is 0 Å². The van der Waals surface area contributed by atoms with Crippen LogP contribution in [0.3, 0.4) is 0 Å². The van der Waals surface area contributed by atoms with Crippen LogP contribution in [-0.4, -0.2) is 37.2 Å². The third-order valence-electron chi connectivity index (χ3n) is 4.44. The molecule has 0 radical (unpaired) electrons. The fourth-order valence-corrected chi connectivity index (χ4v) is 3.13. The third-order valence-corrected chi connectivity index (χ3v) is 4.44. The summed E-state index contributed by atoms with van der Waals surface area (Å²) in [5.41, 5.74) is 2.83. The van der Waals surface area contributed by atoms with Gasteiger partial charge in [0.25, 0.3) is 0 Å². The van der Waals surface area contributed by atoms with Crippen molar-refractivity contribution in [3.05, 3.63) is 35.4 Å². The molecule has 0 saturated carbocycles. The Morgan fingerprint density at radius 2 is 2.15 bits per heavy atom. The predicted molar refractivity (Wildman–Crippen MR) is 85.1 cm³/mol.